The van der Waals surface area contributed by atoms with Gasteiger partial charge >= 0.3 is 11.9 Å². The van der Waals surface area contributed by atoms with Gasteiger partial charge < -0.3 is 10.2 Å². The molecule has 0 aromatic carbocycles. The van der Waals surface area contributed by atoms with Crippen LogP contribution in [-0.4, -0.2) is 37.1 Å². The van der Waals surface area contributed by atoms with E-state index in [1.165, 1.54) is 6.20 Å². The van der Waals surface area contributed by atoms with Gasteiger partial charge in [0.15, 0.2) is 0 Å². The Bertz CT molecular complexity index is 912. The smallest absolute Gasteiger partial charge is 0.338 e. The van der Waals surface area contributed by atoms with Gasteiger partial charge in [-0.2, -0.15) is 0 Å². The summed E-state index contributed by atoms with van der Waals surface area (Å²) in [5.41, 5.74) is 0.363. The Kier molecular flexibility index (Phi) is 3.98. The Morgan fingerprint density at radius 2 is 1.42 bits per heavy atom. The first kappa shape index (κ1) is 15.3. The van der Waals surface area contributed by atoms with Gasteiger partial charge in [-0.25, -0.2) is 9.59 Å². The summed E-state index contributed by atoms with van der Waals surface area (Å²) in [6.07, 6.45) is 4.07. The van der Waals surface area contributed by atoms with Crippen LogP contribution in [0, 0.1) is 0 Å². The van der Waals surface area contributed by atoms with E-state index in [-0.39, 0.29) is 16.8 Å². The van der Waals surface area contributed by atoms with Crippen LogP contribution in [0.5, 0.6) is 0 Å². The molecule has 3 aromatic heterocycles. The molecule has 2 N–H and O–H groups in total. The highest BCUT2D eigenvalue weighted by atomic mass is 16.4. The van der Waals surface area contributed by atoms with Crippen LogP contribution < -0.4 is 0 Å². The van der Waals surface area contributed by atoms with Gasteiger partial charge in [-0.15, -0.1) is 0 Å². The average molecular weight is 321 g/mol. The van der Waals surface area contributed by atoms with Gasteiger partial charge in [0.1, 0.15) is 0 Å². The van der Waals surface area contributed by atoms with Crippen molar-refractivity contribution in [3.63, 3.8) is 0 Å². The topological polar surface area (TPSA) is 113 Å². The minimum Gasteiger partial charge on any atom is -0.478 e. The van der Waals surface area contributed by atoms with Gasteiger partial charge in [0, 0.05) is 24.2 Å². The molecular formula is C17H11N3O4. The van der Waals surface area contributed by atoms with Crippen molar-refractivity contribution in [2.75, 3.05) is 0 Å². The molecule has 3 rings (SSSR count). The van der Waals surface area contributed by atoms with Crippen LogP contribution in [0.2, 0.25) is 0 Å². The van der Waals surface area contributed by atoms with Gasteiger partial charge in [0.2, 0.25) is 0 Å². The summed E-state index contributed by atoms with van der Waals surface area (Å²) in [6, 6.07) is 10.1. The zero-order chi connectivity index (χ0) is 17.1. The largest absolute Gasteiger partial charge is 0.478 e. The summed E-state index contributed by atoms with van der Waals surface area (Å²) >= 11 is 0. The molecule has 0 amide bonds. The Morgan fingerprint density at radius 3 is 1.92 bits per heavy atom. The summed E-state index contributed by atoms with van der Waals surface area (Å²) in [5, 5.41) is 18.9. The van der Waals surface area contributed by atoms with Gasteiger partial charge in [-0.05, 0) is 24.3 Å². The molecule has 118 valence electrons. The Balaban J connectivity index is 2.42. The summed E-state index contributed by atoms with van der Waals surface area (Å²) in [5.74, 6) is -2.74. The maximum Gasteiger partial charge on any atom is 0.338 e. The highest BCUT2D eigenvalue weighted by molar-refractivity contribution is 6.08. The molecule has 0 unspecified atom stereocenters. The van der Waals surface area contributed by atoms with E-state index in [4.69, 9.17) is 0 Å². The van der Waals surface area contributed by atoms with Crippen molar-refractivity contribution >= 4 is 11.9 Å². The number of aromatic carboxylic acids is 2. The highest BCUT2D eigenvalue weighted by Gasteiger charge is 2.26. The normalized spacial score (nSPS) is 10.3. The number of carboxylic acid groups (broad SMARTS) is 2. The molecule has 0 atom stereocenters. The molecule has 0 aliphatic rings. The van der Waals surface area contributed by atoms with E-state index in [2.05, 4.69) is 15.0 Å². The molecule has 7 nitrogen and oxygen atoms in total. The molecule has 0 aliphatic carbocycles. The summed E-state index contributed by atoms with van der Waals surface area (Å²) in [7, 11) is 0. The fourth-order valence-electron chi connectivity index (χ4n) is 2.35. The number of hydrogen-bond acceptors (Lipinski definition) is 5. The number of rotatable bonds is 4. The minimum atomic E-state index is -1.37. The third-order valence-electron chi connectivity index (χ3n) is 3.35. The Hall–Kier alpha value is -3.61. The van der Waals surface area contributed by atoms with E-state index in [1.807, 2.05) is 0 Å². The number of pyridine rings is 3. The van der Waals surface area contributed by atoms with Crippen LogP contribution >= 0.6 is 0 Å². The van der Waals surface area contributed by atoms with Crippen molar-refractivity contribution in [1.29, 1.82) is 0 Å². The number of nitrogens with zero attached hydrogens (tertiary/aromatic N) is 3. The van der Waals surface area contributed by atoms with Crippen LogP contribution in [-0.2, 0) is 0 Å². The second-order valence-electron chi connectivity index (χ2n) is 4.81. The lowest BCUT2D eigenvalue weighted by Crippen LogP contribution is -2.12. The average Bonchev–Trinajstić information content (AvgIpc) is 2.61. The quantitative estimate of drug-likeness (QED) is 0.759. The van der Waals surface area contributed by atoms with Crippen LogP contribution in [0.3, 0.4) is 0 Å². The summed E-state index contributed by atoms with van der Waals surface area (Å²) < 4.78 is 0. The second kappa shape index (κ2) is 6.25. The van der Waals surface area contributed by atoms with Gasteiger partial charge in [0.25, 0.3) is 0 Å². The van der Waals surface area contributed by atoms with E-state index >= 15 is 0 Å². The lowest BCUT2D eigenvalue weighted by Gasteiger charge is -2.13. The fraction of sp³-hybridized carbons (Fsp3) is 0. The molecule has 0 bridgehead atoms. The van der Waals surface area contributed by atoms with E-state index in [1.54, 1.807) is 42.6 Å². The number of aromatic nitrogens is 3. The molecule has 3 aromatic rings. The first-order valence-corrected chi connectivity index (χ1v) is 6.92. The molecule has 7 heteroatoms. The molecule has 0 saturated heterocycles. The van der Waals surface area contributed by atoms with Crippen molar-refractivity contribution in [2.24, 2.45) is 0 Å². The van der Waals surface area contributed by atoms with Gasteiger partial charge in [0.05, 0.1) is 28.2 Å². The Labute approximate surface area is 136 Å². The number of hydrogen-bond donors (Lipinski definition) is 2. The van der Waals surface area contributed by atoms with Crippen LogP contribution in [0.15, 0.2) is 55.0 Å². The summed E-state index contributed by atoms with van der Waals surface area (Å²) in [4.78, 5) is 35.7. The molecule has 3 heterocycles. The first-order chi connectivity index (χ1) is 11.6. The van der Waals surface area contributed by atoms with Crippen LogP contribution in [0.4, 0.5) is 0 Å². The first-order valence-electron chi connectivity index (χ1n) is 6.92. The molecule has 0 radical (unpaired) electrons. The standard InChI is InChI=1S/C17H11N3O4/c21-16(22)10-9-20-15(12-6-2-4-8-19-12)14(13(10)17(23)24)11-5-1-3-7-18-11/h1-9H,(H,21,22)(H,23,24). The maximum absolute atomic E-state index is 11.8. The van der Waals surface area contributed by atoms with E-state index in [0.717, 1.165) is 6.20 Å². The zero-order valence-electron chi connectivity index (χ0n) is 12.2. The minimum absolute atomic E-state index is 0.127. The van der Waals surface area contributed by atoms with Crippen LogP contribution in [0.25, 0.3) is 22.6 Å². The SMILES string of the molecule is O=C(O)c1cnc(-c2ccccn2)c(-c2ccccn2)c1C(=O)O. The third kappa shape index (κ3) is 2.70. The van der Waals surface area contributed by atoms with Gasteiger partial charge in [-0.3, -0.25) is 15.0 Å². The summed E-state index contributed by atoms with van der Waals surface area (Å²) in [6.45, 7) is 0. The van der Waals surface area contributed by atoms with Gasteiger partial charge in [-0.1, -0.05) is 12.1 Å². The molecule has 0 fully saturated rings. The lowest BCUT2D eigenvalue weighted by atomic mass is 9.96. The predicted octanol–water partition coefficient (Wildman–Crippen LogP) is 2.60. The third-order valence-corrected chi connectivity index (χ3v) is 3.35. The number of carboxylic acids is 2. The molecular weight excluding hydrogens is 310 g/mol. The van der Waals surface area contributed by atoms with E-state index in [9.17, 15) is 19.8 Å². The van der Waals surface area contributed by atoms with E-state index < -0.39 is 17.5 Å². The Morgan fingerprint density at radius 1 is 0.792 bits per heavy atom. The van der Waals surface area contributed by atoms with Crippen molar-refractivity contribution in [1.82, 2.24) is 15.0 Å². The lowest BCUT2D eigenvalue weighted by molar-refractivity contribution is 0.0651. The molecule has 0 aliphatic heterocycles. The highest BCUT2D eigenvalue weighted by Crippen LogP contribution is 2.33. The van der Waals surface area contributed by atoms with Crippen molar-refractivity contribution in [2.45, 2.75) is 0 Å². The number of carbonyl (C=O) groups is 2. The molecule has 0 spiro atoms. The second-order valence-corrected chi connectivity index (χ2v) is 4.81. The van der Waals surface area contributed by atoms with Crippen molar-refractivity contribution in [3.05, 3.63) is 66.1 Å². The molecule has 24 heavy (non-hydrogen) atoms. The monoisotopic (exact) mass is 321 g/mol. The van der Waals surface area contributed by atoms with Crippen molar-refractivity contribution in [3.8, 4) is 22.6 Å². The van der Waals surface area contributed by atoms with Crippen molar-refractivity contribution < 1.29 is 19.8 Å². The van der Waals surface area contributed by atoms with Crippen LogP contribution in [0.1, 0.15) is 20.7 Å². The van der Waals surface area contributed by atoms with E-state index in [0.29, 0.717) is 11.4 Å². The molecule has 0 saturated carbocycles. The predicted molar refractivity (Wildman–Crippen MR) is 84.6 cm³/mol. The maximum atomic E-state index is 11.8. The zero-order valence-corrected chi connectivity index (χ0v) is 12.2. The fourth-order valence-corrected chi connectivity index (χ4v) is 2.35.